The van der Waals surface area contributed by atoms with Crippen LogP contribution in [-0.4, -0.2) is 23.7 Å². The quantitative estimate of drug-likeness (QED) is 0.866. The number of rotatable bonds is 6. The Morgan fingerprint density at radius 3 is 2.53 bits per heavy atom. The molecule has 1 rings (SSSR count). The average molecular weight is 276 g/mol. The molecule has 0 aliphatic rings. The molecule has 1 aromatic heterocycles. The predicted octanol–water partition coefficient (Wildman–Crippen LogP) is 3.26. The zero-order valence-electron chi connectivity index (χ0n) is 11.3. The summed E-state index contributed by atoms with van der Waals surface area (Å²) in [7, 11) is 0. The lowest BCUT2D eigenvalue weighted by atomic mass is 10.2. The van der Waals surface area contributed by atoms with Gasteiger partial charge < -0.3 is 10.1 Å². The van der Waals surface area contributed by atoms with E-state index >= 15 is 0 Å². The van der Waals surface area contributed by atoms with E-state index in [0.29, 0.717) is 19.0 Å². The fourth-order valence-electron chi connectivity index (χ4n) is 1.45. The van der Waals surface area contributed by atoms with Gasteiger partial charge >= 0.3 is 6.18 Å². The first-order valence-corrected chi connectivity index (χ1v) is 6.27. The maximum Gasteiger partial charge on any atom is 0.433 e. The zero-order chi connectivity index (χ0) is 14.5. The Labute approximate surface area is 111 Å². The number of hydrogen-bond donors (Lipinski definition) is 1. The van der Waals surface area contributed by atoms with Crippen LogP contribution in [0, 0.1) is 0 Å². The summed E-state index contributed by atoms with van der Waals surface area (Å²) in [5, 5.41) is 3.19. The molecule has 1 atom stereocenters. The molecule has 0 saturated carbocycles. The Morgan fingerprint density at radius 1 is 1.32 bits per heavy atom. The van der Waals surface area contributed by atoms with Gasteiger partial charge in [-0.2, -0.15) is 13.2 Å². The van der Waals surface area contributed by atoms with E-state index in [4.69, 9.17) is 4.74 Å². The van der Waals surface area contributed by atoms with Crippen LogP contribution in [0.3, 0.4) is 0 Å². The highest BCUT2D eigenvalue weighted by Gasteiger charge is 2.32. The van der Waals surface area contributed by atoms with Crippen LogP contribution in [-0.2, 0) is 6.18 Å². The standard InChI is InChI=1S/C13H19F3N2O/c1-4-10(8-17-9(2)3)19-12-7-5-6-11(18-12)13(14,15)16/h5-7,9-10,17H,4,8H2,1-3H3/t10-/m0/s1. The van der Waals surface area contributed by atoms with E-state index in [2.05, 4.69) is 10.3 Å². The number of aromatic nitrogens is 1. The summed E-state index contributed by atoms with van der Waals surface area (Å²) in [6.07, 6.45) is -3.95. The topological polar surface area (TPSA) is 34.1 Å². The minimum atomic E-state index is -4.45. The summed E-state index contributed by atoms with van der Waals surface area (Å²) in [6.45, 7) is 6.48. The van der Waals surface area contributed by atoms with Crippen LogP contribution in [0.5, 0.6) is 5.88 Å². The molecule has 0 aliphatic heterocycles. The molecule has 0 aliphatic carbocycles. The van der Waals surface area contributed by atoms with Gasteiger partial charge in [-0.3, -0.25) is 0 Å². The minimum Gasteiger partial charge on any atom is -0.473 e. The Morgan fingerprint density at radius 2 is 2.00 bits per heavy atom. The van der Waals surface area contributed by atoms with Crippen molar-refractivity contribution in [2.75, 3.05) is 6.54 Å². The van der Waals surface area contributed by atoms with E-state index in [1.165, 1.54) is 12.1 Å². The largest absolute Gasteiger partial charge is 0.473 e. The second kappa shape index (κ2) is 6.75. The van der Waals surface area contributed by atoms with Crippen LogP contribution in [0.25, 0.3) is 0 Å². The zero-order valence-corrected chi connectivity index (χ0v) is 11.3. The van der Waals surface area contributed by atoms with E-state index in [0.717, 1.165) is 6.07 Å². The van der Waals surface area contributed by atoms with E-state index in [-0.39, 0.29) is 12.0 Å². The van der Waals surface area contributed by atoms with Crippen LogP contribution < -0.4 is 10.1 Å². The maximum absolute atomic E-state index is 12.5. The Hall–Kier alpha value is -1.30. The van der Waals surface area contributed by atoms with E-state index in [1.807, 2.05) is 20.8 Å². The molecular formula is C13H19F3N2O. The third-order valence-electron chi connectivity index (χ3n) is 2.51. The van der Waals surface area contributed by atoms with E-state index in [1.54, 1.807) is 0 Å². The SMILES string of the molecule is CC[C@@H](CNC(C)C)Oc1cccc(C(F)(F)F)n1. The van der Waals surface area contributed by atoms with Crippen LogP contribution in [0.15, 0.2) is 18.2 Å². The summed E-state index contributed by atoms with van der Waals surface area (Å²) in [4.78, 5) is 3.48. The lowest BCUT2D eigenvalue weighted by molar-refractivity contribution is -0.141. The van der Waals surface area contributed by atoms with Gasteiger partial charge in [-0.1, -0.05) is 26.8 Å². The monoisotopic (exact) mass is 276 g/mol. The van der Waals surface area contributed by atoms with Gasteiger partial charge in [0.25, 0.3) is 0 Å². The molecule has 0 aromatic carbocycles. The third kappa shape index (κ3) is 5.46. The van der Waals surface area contributed by atoms with Crippen molar-refractivity contribution in [2.24, 2.45) is 0 Å². The van der Waals surface area contributed by atoms with Gasteiger partial charge in [0.2, 0.25) is 5.88 Å². The highest BCUT2D eigenvalue weighted by Crippen LogP contribution is 2.28. The molecule has 0 amide bonds. The Bertz CT molecular complexity index is 394. The summed E-state index contributed by atoms with van der Waals surface area (Å²) in [5.74, 6) is 0.00670. The highest BCUT2D eigenvalue weighted by atomic mass is 19.4. The van der Waals surface area contributed by atoms with E-state index < -0.39 is 11.9 Å². The summed E-state index contributed by atoms with van der Waals surface area (Å²) < 4.78 is 43.0. The number of nitrogens with one attached hydrogen (secondary N) is 1. The molecule has 0 radical (unpaired) electrons. The fraction of sp³-hybridized carbons (Fsp3) is 0.615. The first-order chi connectivity index (χ1) is 8.82. The molecule has 0 fully saturated rings. The summed E-state index contributed by atoms with van der Waals surface area (Å²) in [5.41, 5.74) is -0.934. The number of alkyl halides is 3. The van der Waals surface area contributed by atoms with Crippen LogP contribution >= 0.6 is 0 Å². The Kier molecular flexibility index (Phi) is 5.60. The lowest BCUT2D eigenvalue weighted by Crippen LogP contribution is -2.35. The maximum atomic E-state index is 12.5. The smallest absolute Gasteiger partial charge is 0.433 e. The van der Waals surface area contributed by atoms with Gasteiger partial charge in [0.1, 0.15) is 11.8 Å². The van der Waals surface area contributed by atoms with Crippen molar-refractivity contribution in [3.8, 4) is 5.88 Å². The molecule has 1 aromatic rings. The molecule has 1 heterocycles. The number of halogens is 3. The number of hydrogen-bond acceptors (Lipinski definition) is 3. The second-order valence-electron chi connectivity index (χ2n) is 4.57. The number of ether oxygens (including phenoxy) is 1. The molecule has 6 heteroatoms. The molecule has 1 N–H and O–H groups in total. The minimum absolute atomic E-state index is 0.00670. The highest BCUT2D eigenvalue weighted by molar-refractivity contribution is 5.18. The van der Waals surface area contributed by atoms with Crippen molar-refractivity contribution in [3.05, 3.63) is 23.9 Å². The second-order valence-corrected chi connectivity index (χ2v) is 4.57. The van der Waals surface area contributed by atoms with Crippen molar-refractivity contribution >= 4 is 0 Å². The van der Waals surface area contributed by atoms with Crippen molar-refractivity contribution in [2.45, 2.75) is 45.5 Å². The lowest BCUT2D eigenvalue weighted by Gasteiger charge is -2.19. The number of nitrogens with zero attached hydrogens (tertiary/aromatic N) is 1. The van der Waals surface area contributed by atoms with E-state index in [9.17, 15) is 13.2 Å². The molecule has 0 spiro atoms. The fourth-order valence-corrected chi connectivity index (χ4v) is 1.45. The predicted molar refractivity (Wildman–Crippen MR) is 67.1 cm³/mol. The third-order valence-corrected chi connectivity index (χ3v) is 2.51. The summed E-state index contributed by atoms with van der Waals surface area (Å²) in [6, 6.07) is 3.97. The molecule has 0 unspecified atom stereocenters. The molecule has 0 saturated heterocycles. The first-order valence-electron chi connectivity index (χ1n) is 6.27. The van der Waals surface area contributed by atoms with Gasteiger partial charge in [0.15, 0.2) is 0 Å². The molecule has 108 valence electrons. The van der Waals surface area contributed by atoms with Crippen molar-refractivity contribution in [1.82, 2.24) is 10.3 Å². The molecular weight excluding hydrogens is 257 g/mol. The van der Waals surface area contributed by atoms with Crippen LogP contribution in [0.1, 0.15) is 32.9 Å². The Balaban J connectivity index is 2.69. The first kappa shape index (κ1) is 15.8. The van der Waals surface area contributed by atoms with Gasteiger partial charge in [-0.15, -0.1) is 0 Å². The van der Waals surface area contributed by atoms with Crippen molar-refractivity contribution in [3.63, 3.8) is 0 Å². The van der Waals surface area contributed by atoms with Crippen molar-refractivity contribution < 1.29 is 17.9 Å². The van der Waals surface area contributed by atoms with Crippen LogP contribution in [0.2, 0.25) is 0 Å². The normalized spacial score (nSPS) is 13.6. The summed E-state index contributed by atoms with van der Waals surface area (Å²) >= 11 is 0. The van der Waals surface area contributed by atoms with Gasteiger partial charge in [-0.25, -0.2) is 4.98 Å². The molecule has 0 bridgehead atoms. The van der Waals surface area contributed by atoms with Crippen molar-refractivity contribution in [1.29, 1.82) is 0 Å². The molecule has 19 heavy (non-hydrogen) atoms. The van der Waals surface area contributed by atoms with Gasteiger partial charge in [0.05, 0.1) is 0 Å². The molecule has 3 nitrogen and oxygen atoms in total. The van der Waals surface area contributed by atoms with Crippen LogP contribution in [0.4, 0.5) is 13.2 Å². The average Bonchev–Trinajstić information content (AvgIpc) is 2.33. The van der Waals surface area contributed by atoms with Gasteiger partial charge in [-0.05, 0) is 12.5 Å². The number of pyridine rings is 1. The van der Waals surface area contributed by atoms with Gasteiger partial charge in [0, 0.05) is 18.7 Å².